The molecule has 2 rings (SSSR count). The lowest BCUT2D eigenvalue weighted by Crippen LogP contribution is -2.32. The van der Waals surface area contributed by atoms with Crippen molar-refractivity contribution < 1.29 is 9.90 Å². The van der Waals surface area contributed by atoms with Gasteiger partial charge in [0.15, 0.2) is 0 Å². The third-order valence-corrected chi connectivity index (χ3v) is 3.52. The van der Waals surface area contributed by atoms with E-state index in [1.165, 1.54) is 0 Å². The van der Waals surface area contributed by atoms with E-state index in [4.69, 9.17) is 22.4 Å². The minimum atomic E-state index is -1.06. The van der Waals surface area contributed by atoms with Gasteiger partial charge in [0.05, 0.1) is 12.2 Å². The first-order chi connectivity index (χ1) is 9.45. The standard InChI is InChI=1S/C12H12BrClN4O2/c13-8-2-1-7(10(14)3-8)5-18-6-9(16-17-18)4-11(15)12(19)20/h1-3,6,11H,4-5,15H2,(H,19,20). The van der Waals surface area contributed by atoms with Gasteiger partial charge in [0.1, 0.15) is 6.04 Å². The highest BCUT2D eigenvalue weighted by molar-refractivity contribution is 9.10. The Labute approximate surface area is 128 Å². The number of nitrogens with two attached hydrogens (primary N) is 1. The molecule has 0 saturated heterocycles. The van der Waals surface area contributed by atoms with E-state index in [1.807, 2.05) is 12.1 Å². The summed E-state index contributed by atoms with van der Waals surface area (Å²) in [6, 6.07) is 4.60. The number of aromatic nitrogens is 3. The Balaban J connectivity index is 2.07. The largest absolute Gasteiger partial charge is 0.480 e. The molecule has 0 radical (unpaired) electrons. The Kier molecular flexibility index (Phi) is 4.74. The van der Waals surface area contributed by atoms with Crippen LogP contribution in [0, 0.1) is 0 Å². The van der Waals surface area contributed by atoms with Crippen molar-refractivity contribution >= 4 is 33.5 Å². The molecule has 0 aliphatic rings. The number of aliphatic carboxylic acids is 1. The third kappa shape index (κ3) is 3.78. The molecule has 1 heterocycles. The van der Waals surface area contributed by atoms with Crippen LogP contribution in [0.1, 0.15) is 11.3 Å². The fourth-order valence-corrected chi connectivity index (χ4v) is 2.38. The van der Waals surface area contributed by atoms with E-state index < -0.39 is 12.0 Å². The molecule has 0 spiro atoms. The van der Waals surface area contributed by atoms with Gasteiger partial charge in [-0.3, -0.25) is 4.79 Å². The van der Waals surface area contributed by atoms with Crippen LogP contribution in [0.5, 0.6) is 0 Å². The molecular formula is C12H12BrClN4O2. The SMILES string of the molecule is NC(Cc1cn(Cc2ccc(Br)cc2Cl)nn1)C(=O)O. The quantitative estimate of drug-likeness (QED) is 0.847. The fraction of sp³-hybridized carbons (Fsp3) is 0.250. The number of halogens is 2. The number of benzene rings is 1. The van der Waals surface area contributed by atoms with Crippen molar-refractivity contribution in [1.29, 1.82) is 0 Å². The molecule has 6 nitrogen and oxygen atoms in total. The van der Waals surface area contributed by atoms with Crippen LogP contribution >= 0.6 is 27.5 Å². The molecule has 106 valence electrons. The number of nitrogens with zero attached hydrogens (tertiary/aromatic N) is 3. The van der Waals surface area contributed by atoms with Crippen molar-refractivity contribution in [3.05, 3.63) is 45.1 Å². The summed E-state index contributed by atoms with van der Waals surface area (Å²) in [6.45, 7) is 0.460. The van der Waals surface area contributed by atoms with Crippen LogP contribution in [0.2, 0.25) is 5.02 Å². The van der Waals surface area contributed by atoms with Gasteiger partial charge in [0.2, 0.25) is 0 Å². The normalized spacial score (nSPS) is 12.3. The monoisotopic (exact) mass is 358 g/mol. The lowest BCUT2D eigenvalue weighted by Gasteiger charge is -2.04. The number of carboxylic acids is 1. The van der Waals surface area contributed by atoms with Gasteiger partial charge in [-0.2, -0.15) is 0 Å². The molecule has 0 amide bonds. The summed E-state index contributed by atoms with van der Waals surface area (Å²) in [5.41, 5.74) is 6.88. The summed E-state index contributed by atoms with van der Waals surface area (Å²) >= 11 is 9.46. The molecule has 2 aromatic rings. The fourth-order valence-electron chi connectivity index (χ4n) is 1.65. The van der Waals surface area contributed by atoms with Crippen LogP contribution in [0.25, 0.3) is 0 Å². The van der Waals surface area contributed by atoms with Crippen LogP contribution in [-0.2, 0) is 17.8 Å². The van der Waals surface area contributed by atoms with E-state index >= 15 is 0 Å². The van der Waals surface area contributed by atoms with E-state index in [0.29, 0.717) is 17.3 Å². The maximum atomic E-state index is 10.7. The zero-order valence-electron chi connectivity index (χ0n) is 10.3. The van der Waals surface area contributed by atoms with E-state index in [0.717, 1.165) is 10.0 Å². The third-order valence-electron chi connectivity index (χ3n) is 2.68. The Morgan fingerprint density at radius 3 is 2.95 bits per heavy atom. The molecule has 0 saturated carbocycles. The first kappa shape index (κ1) is 15.0. The summed E-state index contributed by atoms with van der Waals surface area (Å²) in [6.07, 6.45) is 1.81. The molecule has 1 unspecified atom stereocenters. The van der Waals surface area contributed by atoms with Crippen molar-refractivity contribution in [1.82, 2.24) is 15.0 Å². The van der Waals surface area contributed by atoms with Gasteiger partial charge in [-0.25, -0.2) is 4.68 Å². The topological polar surface area (TPSA) is 94.0 Å². The molecule has 0 fully saturated rings. The van der Waals surface area contributed by atoms with Gasteiger partial charge in [-0.1, -0.05) is 38.8 Å². The zero-order valence-corrected chi connectivity index (χ0v) is 12.7. The zero-order chi connectivity index (χ0) is 14.7. The minimum Gasteiger partial charge on any atom is -0.480 e. The Bertz CT molecular complexity index is 632. The number of carbonyl (C=O) groups is 1. The van der Waals surface area contributed by atoms with E-state index in [-0.39, 0.29) is 6.42 Å². The number of rotatable bonds is 5. The van der Waals surface area contributed by atoms with Gasteiger partial charge in [-0.15, -0.1) is 5.10 Å². The number of hydrogen-bond acceptors (Lipinski definition) is 4. The second-order valence-electron chi connectivity index (χ2n) is 4.29. The highest BCUT2D eigenvalue weighted by Gasteiger charge is 2.14. The van der Waals surface area contributed by atoms with Gasteiger partial charge in [0, 0.05) is 22.1 Å². The molecule has 20 heavy (non-hydrogen) atoms. The van der Waals surface area contributed by atoms with Crippen molar-refractivity contribution in [3.63, 3.8) is 0 Å². The summed E-state index contributed by atoms with van der Waals surface area (Å²) in [4.78, 5) is 10.7. The summed E-state index contributed by atoms with van der Waals surface area (Å²) in [5, 5.41) is 17.2. The lowest BCUT2D eigenvalue weighted by atomic mass is 10.2. The Hall–Kier alpha value is -1.44. The molecule has 1 atom stereocenters. The molecule has 0 bridgehead atoms. The summed E-state index contributed by atoms with van der Waals surface area (Å²) in [5.74, 6) is -1.06. The molecule has 3 N–H and O–H groups in total. The minimum absolute atomic E-state index is 0.142. The van der Waals surface area contributed by atoms with Crippen molar-refractivity contribution in [2.45, 2.75) is 19.0 Å². The average molecular weight is 360 g/mol. The summed E-state index contributed by atoms with van der Waals surface area (Å²) < 4.78 is 2.50. The van der Waals surface area contributed by atoms with Gasteiger partial charge >= 0.3 is 5.97 Å². The summed E-state index contributed by atoms with van der Waals surface area (Å²) in [7, 11) is 0. The van der Waals surface area contributed by atoms with Crippen molar-refractivity contribution in [2.24, 2.45) is 5.73 Å². The maximum Gasteiger partial charge on any atom is 0.320 e. The second-order valence-corrected chi connectivity index (χ2v) is 5.61. The first-order valence-electron chi connectivity index (χ1n) is 5.77. The molecule has 1 aromatic carbocycles. The van der Waals surface area contributed by atoms with Gasteiger partial charge < -0.3 is 10.8 Å². The number of hydrogen-bond donors (Lipinski definition) is 2. The average Bonchev–Trinajstić information content (AvgIpc) is 2.80. The molecular weight excluding hydrogens is 348 g/mol. The van der Waals surface area contributed by atoms with Gasteiger partial charge in [-0.05, 0) is 17.7 Å². The van der Waals surface area contributed by atoms with Crippen LogP contribution in [0.15, 0.2) is 28.9 Å². The number of carboxylic acid groups (broad SMARTS) is 1. The highest BCUT2D eigenvalue weighted by atomic mass is 79.9. The van der Waals surface area contributed by atoms with Crippen LogP contribution in [0.4, 0.5) is 0 Å². The molecule has 8 heteroatoms. The van der Waals surface area contributed by atoms with Crippen molar-refractivity contribution in [2.75, 3.05) is 0 Å². The van der Waals surface area contributed by atoms with Crippen LogP contribution in [-0.4, -0.2) is 32.1 Å². The molecule has 1 aromatic heterocycles. The smallest absolute Gasteiger partial charge is 0.320 e. The van der Waals surface area contributed by atoms with E-state index in [1.54, 1.807) is 16.9 Å². The van der Waals surface area contributed by atoms with Crippen molar-refractivity contribution in [3.8, 4) is 0 Å². The Morgan fingerprint density at radius 1 is 1.55 bits per heavy atom. The molecule has 0 aliphatic heterocycles. The van der Waals surface area contributed by atoms with Crippen LogP contribution < -0.4 is 5.73 Å². The van der Waals surface area contributed by atoms with Crippen LogP contribution in [0.3, 0.4) is 0 Å². The predicted octanol–water partition coefficient (Wildman–Crippen LogP) is 1.70. The van der Waals surface area contributed by atoms with E-state index in [2.05, 4.69) is 26.2 Å². The highest BCUT2D eigenvalue weighted by Crippen LogP contribution is 2.21. The van der Waals surface area contributed by atoms with E-state index in [9.17, 15) is 4.79 Å². The first-order valence-corrected chi connectivity index (χ1v) is 6.94. The molecule has 0 aliphatic carbocycles. The Morgan fingerprint density at radius 2 is 2.30 bits per heavy atom. The second kappa shape index (κ2) is 6.34. The lowest BCUT2D eigenvalue weighted by molar-refractivity contribution is -0.138. The van der Waals surface area contributed by atoms with Gasteiger partial charge in [0.25, 0.3) is 0 Å². The maximum absolute atomic E-state index is 10.7. The predicted molar refractivity (Wildman–Crippen MR) is 77.6 cm³/mol.